The zero-order valence-electron chi connectivity index (χ0n) is 23.9. The molecule has 2 aliphatic rings. The minimum atomic E-state index is -4.88. The number of hydrazine groups is 1. The first-order valence-electron chi connectivity index (χ1n) is 13.5. The second-order valence-corrected chi connectivity index (χ2v) is 12.1. The second kappa shape index (κ2) is 12.4. The largest absolute Gasteiger partial charge is 0.443 e. The lowest BCUT2D eigenvalue weighted by atomic mass is 9.91. The Morgan fingerprint density at radius 2 is 1.84 bits per heavy atom. The third kappa shape index (κ3) is 6.96. The fraction of sp³-hybridized carbons (Fsp3) is 0.464. The lowest BCUT2D eigenvalue weighted by Gasteiger charge is -2.48. The van der Waals surface area contributed by atoms with Gasteiger partial charge < -0.3 is 24.1 Å². The van der Waals surface area contributed by atoms with Crippen molar-refractivity contribution in [3.63, 3.8) is 0 Å². The van der Waals surface area contributed by atoms with Crippen LogP contribution in [0, 0.1) is 6.92 Å². The predicted molar refractivity (Wildman–Crippen MR) is 151 cm³/mol. The third-order valence-corrected chi connectivity index (χ3v) is 7.28. The maximum Gasteiger partial charge on any atom is 0.422 e. The Kier molecular flexibility index (Phi) is 9.16. The summed E-state index contributed by atoms with van der Waals surface area (Å²) in [6, 6.07) is 9.98. The Hall–Kier alpha value is -2.98. The van der Waals surface area contributed by atoms with Crippen molar-refractivity contribution in [2.24, 2.45) is 0 Å². The van der Waals surface area contributed by atoms with Crippen LogP contribution in [-0.2, 0) is 25.1 Å². The molecule has 3 aromatic rings. The van der Waals surface area contributed by atoms with E-state index in [1.807, 2.05) is 18.2 Å². The minimum absolute atomic E-state index is 0.0258. The number of aromatic nitrogens is 3. The van der Waals surface area contributed by atoms with E-state index in [0.29, 0.717) is 5.56 Å². The van der Waals surface area contributed by atoms with Gasteiger partial charge in [-0.15, -0.1) is 0 Å². The van der Waals surface area contributed by atoms with Gasteiger partial charge in [0.1, 0.15) is 35.8 Å². The molecule has 11 nitrogen and oxygen atoms in total. The number of hydrogen-bond donors (Lipinski definition) is 3. The van der Waals surface area contributed by atoms with Gasteiger partial charge in [0.05, 0.1) is 28.9 Å². The van der Waals surface area contributed by atoms with Crippen molar-refractivity contribution in [1.29, 1.82) is 0 Å². The molecule has 4 unspecified atom stereocenters. The Morgan fingerprint density at radius 1 is 1.14 bits per heavy atom. The summed E-state index contributed by atoms with van der Waals surface area (Å²) >= 11 is 12.1. The van der Waals surface area contributed by atoms with Crippen molar-refractivity contribution in [2.45, 2.75) is 76.2 Å². The molecule has 0 aliphatic carbocycles. The van der Waals surface area contributed by atoms with Crippen molar-refractivity contribution in [1.82, 2.24) is 25.6 Å². The Labute approximate surface area is 260 Å². The summed E-state index contributed by atoms with van der Waals surface area (Å²) < 4.78 is 67.0. The number of hydrogen-bond acceptors (Lipinski definition) is 9. The number of ether oxygens (including phenoxy) is 4. The van der Waals surface area contributed by atoms with Crippen LogP contribution in [0.3, 0.4) is 0 Å². The second-order valence-electron chi connectivity index (χ2n) is 11.3. The number of aryl methyl sites for hydroxylation is 1. The minimum Gasteiger partial charge on any atom is -0.443 e. The van der Waals surface area contributed by atoms with Crippen LogP contribution in [0.4, 0.5) is 18.0 Å². The van der Waals surface area contributed by atoms with Crippen molar-refractivity contribution in [3.8, 4) is 5.69 Å². The number of amides is 1. The molecule has 3 heterocycles. The van der Waals surface area contributed by atoms with Gasteiger partial charge in [0, 0.05) is 10.6 Å². The summed E-state index contributed by atoms with van der Waals surface area (Å²) in [5.41, 5.74) is 3.36. The SMILES string of the molecule is Cc1nc([C@@H]2OC3COC(c4ccccc4)O[C@@H]3C(NNC(=O)OC(C)(C)C)C2O)n(-c2cc(Cl)cc(Cl)c2C(F)(F)F)n1. The van der Waals surface area contributed by atoms with E-state index in [-0.39, 0.29) is 23.3 Å². The van der Waals surface area contributed by atoms with Crippen LogP contribution in [0.2, 0.25) is 10.0 Å². The lowest BCUT2D eigenvalue weighted by Crippen LogP contribution is -2.66. The van der Waals surface area contributed by atoms with Crippen LogP contribution in [0.15, 0.2) is 42.5 Å². The Morgan fingerprint density at radius 3 is 2.50 bits per heavy atom. The number of aliphatic hydroxyl groups excluding tert-OH is 1. The number of benzene rings is 2. The summed E-state index contributed by atoms with van der Waals surface area (Å²) in [6.45, 7) is 6.48. The molecule has 2 fully saturated rings. The van der Waals surface area contributed by atoms with E-state index in [4.69, 9.17) is 42.1 Å². The molecular weight excluding hydrogens is 630 g/mol. The Balaban J connectivity index is 1.52. The van der Waals surface area contributed by atoms with Crippen molar-refractivity contribution < 1.29 is 42.0 Å². The predicted octanol–water partition coefficient (Wildman–Crippen LogP) is 5.21. The molecule has 0 spiro atoms. The van der Waals surface area contributed by atoms with E-state index in [1.54, 1.807) is 32.9 Å². The molecule has 2 aliphatic heterocycles. The van der Waals surface area contributed by atoms with Crippen LogP contribution in [0.25, 0.3) is 5.69 Å². The molecule has 1 amide bonds. The van der Waals surface area contributed by atoms with Crippen molar-refractivity contribution >= 4 is 29.3 Å². The molecule has 44 heavy (non-hydrogen) atoms. The number of halogens is 5. The molecule has 2 saturated heterocycles. The number of alkyl halides is 3. The normalized spacial score (nSPS) is 25.8. The summed E-state index contributed by atoms with van der Waals surface area (Å²) in [6.07, 6.45) is -11.2. The van der Waals surface area contributed by atoms with E-state index in [2.05, 4.69) is 20.9 Å². The van der Waals surface area contributed by atoms with Crippen LogP contribution >= 0.6 is 23.2 Å². The van der Waals surface area contributed by atoms with E-state index < -0.39 is 70.9 Å². The number of carbonyl (C=O) groups excluding carboxylic acids is 1. The van der Waals surface area contributed by atoms with Crippen molar-refractivity contribution in [3.05, 3.63) is 75.3 Å². The number of nitrogens with one attached hydrogen (secondary N) is 2. The van der Waals surface area contributed by atoms with Gasteiger partial charge in [0.2, 0.25) is 0 Å². The molecule has 0 saturated carbocycles. The quantitative estimate of drug-likeness (QED) is 0.316. The van der Waals surface area contributed by atoms with E-state index in [1.165, 1.54) is 6.92 Å². The van der Waals surface area contributed by atoms with E-state index >= 15 is 0 Å². The van der Waals surface area contributed by atoms with Crippen LogP contribution in [0.5, 0.6) is 0 Å². The van der Waals surface area contributed by atoms with Crippen LogP contribution < -0.4 is 10.9 Å². The summed E-state index contributed by atoms with van der Waals surface area (Å²) in [4.78, 5) is 16.8. The van der Waals surface area contributed by atoms with E-state index in [9.17, 15) is 23.1 Å². The lowest BCUT2D eigenvalue weighted by molar-refractivity contribution is -0.313. The number of carbonyl (C=O) groups is 1. The number of nitrogens with zero attached hydrogens (tertiary/aromatic N) is 3. The molecule has 0 bridgehead atoms. The summed E-state index contributed by atoms with van der Waals surface area (Å²) in [5, 5.41) is 15.1. The zero-order chi connectivity index (χ0) is 32.0. The molecule has 238 valence electrons. The summed E-state index contributed by atoms with van der Waals surface area (Å²) in [7, 11) is 0. The maximum absolute atomic E-state index is 14.2. The number of rotatable bonds is 5. The third-order valence-electron chi connectivity index (χ3n) is 6.76. The van der Waals surface area contributed by atoms with E-state index in [0.717, 1.165) is 16.8 Å². The fourth-order valence-electron chi connectivity index (χ4n) is 5.04. The molecular formula is C28H30Cl2F3N5O6. The van der Waals surface area contributed by atoms with Gasteiger partial charge in [0.25, 0.3) is 0 Å². The molecule has 0 radical (unpaired) electrons. The van der Waals surface area contributed by atoms with Gasteiger partial charge >= 0.3 is 12.3 Å². The first-order chi connectivity index (χ1) is 20.6. The fourth-order valence-corrected chi connectivity index (χ4v) is 5.63. The average Bonchev–Trinajstić information content (AvgIpc) is 3.31. The monoisotopic (exact) mass is 659 g/mol. The number of aliphatic hydroxyl groups is 1. The molecule has 3 N–H and O–H groups in total. The summed E-state index contributed by atoms with van der Waals surface area (Å²) in [5.74, 6) is -0.0923. The highest BCUT2D eigenvalue weighted by molar-refractivity contribution is 6.35. The van der Waals surface area contributed by atoms with Crippen molar-refractivity contribution in [2.75, 3.05) is 6.61 Å². The highest BCUT2D eigenvalue weighted by Gasteiger charge is 2.52. The molecule has 6 atom stereocenters. The molecule has 2 aromatic carbocycles. The van der Waals surface area contributed by atoms with Gasteiger partial charge in [0.15, 0.2) is 12.1 Å². The van der Waals surface area contributed by atoms with Gasteiger partial charge in [-0.05, 0) is 39.8 Å². The van der Waals surface area contributed by atoms with Crippen LogP contribution in [0.1, 0.15) is 55.9 Å². The standard InChI is InChI=1S/C28H30Cl2F3N5O6/c1-13-34-24(38(37-13)17-11-15(29)10-16(30)19(17)28(31,32)33)23-21(39)20(35-36-26(40)44-27(2,3)4)22-18(42-23)12-41-25(43-22)14-8-6-5-7-9-14/h5-11,18,20-23,25,35,39H,12H2,1-4H3,(H,36,40)/t18?,20?,21?,22-,23+,25?/m0/s1. The number of fused-ring (bicyclic) bond motifs is 1. The highest BCUT2D eigenvalue weighted by atomic mass is 35.5. The van der Waals surface area contributed by atoms with Gasteiger partial charge in [-0.2, -0.15) is 18.3 Å². The first-order valence-corrected chi connectivity index (χ1v) is 14.3. The topological polar surface area (TPSA) is 129 Å². The van der Waals surface area contributed by atoms with Gasteiger partial charge in [-0.25, -0.2) is 19.9 Å². The first kappa shape index (κ1) is 32.4. The molecule has 1 aromatic heterocycles. The van der Waals surface area contributed by atoms with Gasteiger partial charge in [-0.3, -0.25) is 5.43 Å². The average molecular weight is 660 g/mol. The Bertz CT molecular complexity index is 1500. The van der Waals surface area contributed by atoms with Gasteiger partial charge in [-0.1, -0.05) is 53.5 Å². The smallest absolute Gasteiger partial charge is 0.422 e. The highest BCUT2D eigenvalue weighted by Crippen LogP contribution is 2.43. The zero-order valence-corrected chi connectivity index (χ0v) is 25.4. The molecule has 16 heteroatoms. The molecule has 5 rings (SSSR count). The maximum atomic E-state index is 14.2. The van der Waals surface area contributed by atoms with Crippen LogP contribution in [-0.4, -0.2) is 62.5 Å².